The Morgan fingerprint density at radius 3 is 2.63 bits per heavy atom. The molecule has 0 aromatic rings. The van der Waals surface area contributed by atoms with Crippen LogP contribution >= 0.6 is 0 Å². The zero-order valence-corrected chi connectivity index (χ0v) is 13.6. The van der Waals surface area contributed by atoms with E-state index in [9.17, 15) is 8.42 Å². The number of sulfone groups is 1. The molecule has 0 aliphatic heterocycles. The summed E-state index contributed by atoms with van der Waals surface area (Å²) in [4.78, 5) is 0. The van der Waals surface area contributed by atoms with Gasteiger partial charge < -0.3 is 5.32 Å². The third-order valence-corrected chi connectivity index (χ3v) is 5.68. The average Bonchev–Trinajstić information content (AvgIpc) is 2.33. The van der Waals surface area contributed by atoms with Crippen molar-refractivity contribution < 1.29 is 8.42 Å². The third-order valence-electron chi connectivity index (χ3n) is 4.04. The first-order valence-electron chi connectivity index (χ1n) is 7.39. The second-order valence-corrected chi connectivity index (χ2v) is 8.49. The molecule has 1 aliphatic carbocycles. The standard InChI is InChI=1S/C15H29NO2S/c1-12(2)16-10-6-7-13(3)14-8-5-9-15(11-14)19(4,17)18/h7,12,14-16H,5-6,8-11H2,1-4H3. The number of hydrogen-bond donors (Lipinski definition) is 1. The highest BCUT2D eigenvalue weighted by atomic mass is 32.2. The van der Waals surface area contributed by atoms with Gasteiger partial charge in [0.1, 0.15) is 9.84 Å². The van der Waals surface area contributed by atoms with E-state index in [4.69, 9.17) is 0 Å². The number of hydrogen-bond acceptors (Lipinski definition) is 3. The van der Waals surface area contributed by atoms with Gasteiger partial charge in [0.2, 0.25) is 0 Å². The van der Waals surface area contributed by atoms with Crippen molar-refractivity contribution in [2.24, 2.45) is 5.92 Å². The van der Waals surface area contributed by atoms with Crippen molar-refractivity contribution >= 4 is 9.84 Å². The van der Waals surface area contributed by atoms with Crippen LogP contribution < -0.4 is 5.32 Å². The molecule has 1 fully saturated rings. The van der Waals surface area contributed by atoms with Gasteiger partial charge >= 0.3 is 0 Å². The fourth-order valence-electron chi connectivity index (χ4n) is 2.79. The Morgan fingerprint density at radius 2 is 2.05 bits per heavy atom. The van der Waals surface area contributed by atoms with E-state index in [1.54, 1.807) is 0 Å². The molecule has 0 aromatic carbocycles. The summed E-state index contributed by atoms with van der Waals surface area (Å²) in [6.45, 7) is 7.45. The molecule has 19 heavy (non-hydrogen) atoms. The summed E-state index contributed by atoms with van der Waals surface area (Å²) in [6, 6.07) is 0.526. The smallest absolute Gasteiger partial charge is 0.150 e. The summed E-state index contributed by atoms with van der Waals surface area (Å²) in [5.41, 5.74) is 1.37. The zero-order valence-electron chi connectivity index (χ0n) is 12.8. The molecule has 0 heterocycles. The Balaban J connectivity index is 2.47. The van der Waals surface area contributed by atoms with Gasteiger partial charge in [0.05, 0.1) is 5.25 Å². The van der Waals surface area contributed by atoms with Crippen molar-refractivity contribution in [1.29, 1.82) is 0 Å². The largest absolute Gasteiger partial charge is 0.314 e. The van der Waals surface area contributed by atoms with Crippen LogP contribution in [0.5, 0.6) is 0 Å². The van der Waals surface area contributed by atoms with Gasteiger partial charge in [-0.1, -0.05) is 31.9 Å². The molecule has 3 nitrogen and oxygen atoms in total. The van der Waals surface area contributed by atoms with Gasteiger partial charge in [-0.25, -0.2) is 8.42 Å². The minimum atomic E-state index is -2.87. The molecular formula is C15H29NO2S. The van der Waals surface area contributed by atoms with Gasteiger partial charge in [0, 0.05) is 12.3 Å². The highest BCUT2D eigenvalue weighted by Gasteiger charge is 2.29. The summed E-state index contributed by atoms with van der Waals surface area (Å²) in [5.74, 6) is 0.465. The Morgan fingerprint density at radius 1 is 1.37 bits per heavy atom. The van der Waals surface area contributed by atoms with E-state index >= 15 is 0 Å². The summed E-state index contributed by atoms with van der Waals surface area (Å²) >= 11 is 0. The Kier molecular flexibility index (Phi) is 6.54. The SMILES string of the molecule is CC(=CCCNC(C)C)C1CCCC(S(C)(=O)=O)C1. The molecule has 0 aromatic heterocycles. The third kappa shape index (κ3) is 6.09. The molecule has 0 spiro atoms. The topological polar surface area (TPSA) is 46.2 Å². The van der Waals surface area contributed by atoms with Crippen LogP contribution in [0, 0.1) is 5.92 Å². The zero-order chi connectivity index (χ0) is 14.5. The molecule has 0 radical (unpaired) electrons. The Hall–Kier alpha value is -0.350. The van der Waals surface area contributed by atoms with E-state index < -0.39 is 9.84 Å². The summed E-state index contributed by atoms with van der Waals surface area (Å²) in [5, 5.41) is 3.27. The lowest BCUT2D eigenvalue weighted by Crippen LogP contribution is -2.28. The normalized spacial score (nSPS) is 25.8. The van der Waals surface area contributed by atoms with Crippen LogP contribution in [0.1, 0.15) is 52.9 Å². The van der Waals surface area contributed by atoms with Gasteiger partial charge in [-0.15, -0.1) is 0 Å². The lowest BCUT2D eigenvalue weighted by Gasteiger charge is -2.28. The van der Waals surface area contributed by atoms with Crippen LogP contribution in [0.25, 0.3) is 0 Å². The van der Waals surface area contributed by atoms with E-state index in [2.05, 4.69) is 32.2 Å². The van der Waals surface area contributed by atoms with Gasteiger partial charge in [-0.05, 0) is 45.1 Å². The van der Waals surface area contributed by atoms with Crippen molar-refractivity contribution in [2.45, 2.75) is 64.2 Å². The predicted molar refractivity (Wildman–Crippen MR) is 82.1 cm³/mol. The van der Waals surface area contributed by atoms with Gasteiger partial charge in [0.15, 0.2) is 0 Å². The molecule has 1 aliphatic rings. The van der Waals surface area contributed by atoms with E-state index in [1.807, 2.05) is 0 Å². The summed E-state index contributed by atoms with van der Waals surface area (Å²) in [7, 11) is -2.87. The minimum Gasteiger partial charge on any atom is -0.314 e. The molecule has 4 heteroatoms. The van der Waals surface area contributed by atoms with Crippen molar-refractivity contribution in [3.8, 4) is 0 Å². The van der Waals surface area contributed by atoms with Crippen LogP contribution in [0.15, 0.2) is 11.6 Å². The predicted octanol–water partition coefficient (Wildman–Crippen LogP) is 2.92. The monoisotopic (exact) mass is 287 g/mol. The summed E-state index contributed by atoms with van der Waals surface area (Å²) in [6.07, 6.45) is 8.54. The number of rotatable bonds is 6. The molecule has 0 amide bonds. The summed E-state index contributed by atoms with van der Waals surface area (Å²) < 4.78 is 23.3. The number of nitrogens with one attached hydrogen (secondary N) is 1. The van der Waals surface area contributed by atoms with Crippen LogP contribution in [-0.2, 0) is 9.84 Å². The highest BCUT2D eigenvalue weighted by Crippen LogP contribution is 2.33. The fraction of sp³-hybridized carbons (Fsp3) is 0.867. The minimum absolute atomic E-state index is 0.122. The Labute approximate surface area is 118 Å². The maximum atomic E-state index is 11.7. The van der Waals surface area contributed by atoms with Crippen molar-refractivity contribution in [2.75, 3.05) is 12.8 Å². The molecule has 1 N–H and O–H groups in total. The van der Waals surface area contributed by atoms with Crippen molar-refractivity contribution in [3.05, 3.63) is 11.6 Å². The van der Waals surface area contributed by atoms with Gasteiger partial charge in [-0.2, -0.15) is 0 Å². The molecule has 1 rings (SSSR count). The molecule has 1 saturated carbocycles. The van der Waals surface area contributed by atoms with Crippen LogP contribution in [0.2, 0.25) is 0 Å². The molecular weight excluding hydrogens is 258 g/mol. The first-order valence-corrected chi connectivity index (χ1v) is 9.35. The molecule has 112 valence electrons. The Bertz CT molecular complexity index is 398. The second kappa shape index (κ2) is 7.44. The van der Waals surface area contributed by atoms with Crippen molar-refractivity contribution in [3.63, 3.8) is 0 Å². The average molecular weight is 287 g/mol. The maximum absolute atomic E-state index is 11.7. The van der Waals surface area contributed by atoms with Gasteiger partial charge in [-0.3, -0.25) is 0 Å². The van der Waals surface area contributed by atoms with Crippen LogP contribution in [0.3, 0.4) is 0 Å². The lowest BCUT2D eigenvalue weighted by atomic mass is 9.84. The van der Waals surface area contributed by atoms with E-state index in [0.29, 0.717) is 12.0 Å². The second-order valence-electron chi connectivity index (χ2n) is 6.16. The first-order chi connectivity index (χ1) is 8.80. The molecule has 2 atom stereocenters. The van der Waals surface area contributed by atoms with Crippen LogP contribution in [0.4, 0.5) is 0 Å². The first kappa shape index (κ1) is 16.7. The highest BCUT2D eigenvalue weighted by molar-refractivity contribution is 7.91. The molecule has 0 saturated heterocycles. The van der Waals surface area contributed by atoms with E-state index in [1.165, 1.54) is 11.8 Å². The quantitative estimate of drug-likeness (QED) is 0.603. The fourth-order valence-corrected chi connectivity index (χ4v) is 3.96. The van der Waals surface area contributed by atoms with Crippen LogP contribution in [-0.4, -0.2) is 32.5 Å². The number of allylic oxidation sites excluding steroid dienone is 1. The van der Waals surface area contributed by atoms with E-state index in [0.717, 1.165) is 38.6 Å². The molecule has 2 unspecified atom stereocenters. The van der Waals surface area contributed by atoms with Gasteiger partial charge in [0.25, 0.3) is 0 Å². The molecule has 0 bridgehead atoms. The lowest BCUT2D eigenvalue weighted by molar-refractivity contribution is 0.398. The maximum Gasteiger partial charge on any atom is 0.150 e. The van der Waals surface area contributed by atoms with Crippen molar-refractivity contribution in [1.82, 2.24) is 5.32 Å². The van der Waals surface area contributed by atoms with E-state index in [-0.39, 0.29) is 5.25 Å².